The summed E-state index contributed by atoms with van der Waals surface area (Å²) >= 11 is 0. The van der Waals surface area contributed by atoms with Crippen molar-refractivity contribution in [3.63, 3.8) is 0 Å². The highest BCUT2D eigenvalue weighted by atomic mass is 19.1. The molecule has 0 saturated heterocycles. The Labute approximate surface area is 166 Å². The van der Waals surface area contributed by atoms with Crippen LogP contribution in [0.25, 0.3) is 0 Å². The molecule has 1 aliphatic rings. The Hall–Kier alpha value is -3.59. The summed E-state index contributed by atoms with van der Waals surface area (Å²) in [7, 11) is 0. The summed E-state index contributed by atoms with van der Waals surface area (Å²) in [5.74, 6) is 1.47. The van der Waals surface area contributed by atoms with Crippen LogP contribution < -0.4 is 24.8 Å². The van der Waals surface area contributed by atoms with E-state index in [4.69, 9.17) is 19.3 Å². The first-order chi connectivity index (χ1) is 14.2. The first-order valence-electron chi connectivity index (χ1n) is 9.01. The molecule has 0 unspecified atom stereocenters. The number of nitrogens with zero attached hydrogens (tertiary/aromatic N) is 2. The topological polar surface area (TPSA) is 97.8 Å². The molecule has 0 atom stereocenters. The fraction of sp³-hybridized carbons (Fsp3) is 0.200. The van der Waals surface area contributed by atoms with Crippen molar-refractivity contribution in [1.82, 2.24) is 9.97 Å². The highest BCUT2D eigenvalue weighted by Crippen LogP contribution is 2.33. The third-order valence-electron chi connectivity index (χ3n) is 4.00. The van der Waals surface area contributed by atoms with Crippen molar-refractivity contribution in [2.75, 3.05) is 37.1 Å². The van der Waals surface area contributed by atoms with Gasteiger partial charge in [-0.25, -0.2) is 9.37 Å². The van der Waals surface area contributed by atoms with E-state index in [0.717, 1.165) is 6.20 Å². The maximum atomic E-state index is 14.2. The van der Waals surface area contributed by atoms with E-state index >= 15 is 0 Å². The molecule has 0 bridgehead atoms. The van der Waals surface area contributed by atoms with Gasteiger partial charge in [0.05, 0.1) is 12.8 Å². The van der Waals surface area contributed by atoms with Crippen LogP contribution in [0.15, 0.2) is 48.7 Å². The predicted molar refractivity (Wildman–Crippen MR) is 105 cm³/mol. The zero-order valence-electron chi connectivity index (χ0n) is 15.4. The van der Waals surface area contributed by atoms with Gasteiger partial charge in [-0.05, 0) is 24.3 Å². The van der Waals surface area contributed by atoms with Crippen molar-refractivity contribution in [2.24, 2.45) is 0 Å². The van der Waals surface area contributed by atoms with Crippen LogP contribution in [0.5, 0.6) is 17.2 Å². The molecule has 0 spiro atoms. The van der Waals surface area contributed by atoms with Crippen molar-refractivity contribution >= 4 is 23.1 Å². The SMILES string of the molecule is OCCOc1cccc(Nc2ncc(F)c(Nc3ccc4c(c3)OCCO4)n2)c1. The van der Waals surface area contributed by atoms with E-state index < -0.39 is 5.82 Å². The fourth-order valence-corrected chi connectivity index (χ4v) is 2.73. The summed E-state index contributed by atoms with van der Waals surface area (Å²) in [6.07, 6.45) is 1.09. The van der Waals surface area contributed by atoms with Crippen molar-refractivity contribution in [3.8, 4) is 17.2 Å². The normalized spacial score (nSPS) is 12.3. The summed E-state index contributed by atoms with van der Waals surface area (Å²) in [6, 6.07) is 12.3. The predicted octanol–water partition coefficient (Wildman–Crippen LogP) is 3.25. The van der Waals surface area contributed by atoms with Gasteiger partial charge in [-0.2, -0.15) is 4.98 Å². The number of nitrogens with one attached hydrogen (secondary N) is 2. The lowest BCUT2D eigenvalue weighted by atomic mass is 10.2. The Bertz CT molecular complexity index is 1000. The summed E-state index contributed by atoms with van der Waals surface area (Å²) in [5.41, 5.74) is 1.27. The average Bonchev–Trinajstić information content (AvgIpc) is 2.75. The number of aliphatic hydroxyl groups excluding tert-OH is 1. The number of rotatable bonds is 7. The second kappa shape index (κ2) is 8.61. The van der Waals surface area contributed by atoms with Crippen LogP contribution in [0.1, 0.15) is 0 Å². The molecule has 1 aliphatic heterocycles. The second-order valence-electron chi connectivity index (χ2n) is 6.10. The molecule has 1 aromatic heterocycles. The number of halogens is 1. The highest BCUT2D eigenvalue weighted by Gasteiger charge is 2.13. The van der Waals surface area contributed by atoms with Gasteiger partial charge >= 0.3 is 0 Å². The second-order valence-corrected chi connectivity index (χ2v) is 6.10. The third kappa shape index (κ3) is 4.64. The molecular formula is C20H19FN4O4. The zero-order chi connectivity index (χ0) is 20.1. The first-order valence-corrected chi connectivity index (χ1v) is 9.01. The van der Waals surface area contributed by atoms with Crippen LogP contribution >= 0.6 is 0 Å². The molecule has 9 heteroatoms. The van der Waals surface area contributed by atoms with Crippen LogP contribution in [0.3, 0.4) is 0 Å². The van der Waals surface area contributed by atoms with Gasteiger partial charge in [-0.3, -0.25) is 0 Å². The Morgan fingerprint density at radius 1 is 1.03 bits per heavy atom. The number of benzene rings is 2. The molecule has 3 N–H and O–H groups in total. The Kier molecular flexibility index (Phi) is 5.57. The minimum Gasteiger partial charge on any atom is -0.491 e. The molecule has 0 amide bonds. The minimum atomic E-state index is -0.592. The van der Waals surface area contributed by atoms with E-state index in [0.29, 0.717) is 41.8 Å². The number of hydrogen-bond donors (Lipinski definition) is 3. The van der Waals surface area contributed by atoms with Gasteiger partial charge in [0.15, 0.2) is 23.1 Å². The molecule has 3 aromatic rings. The number of aliphatic hydroxyl groups is 1. The molecule has 0 fully saturated rings. The first kappa shape index (κ1) is 18.8. The Balaban J connectivity index is 1.51. The summed E-state index contributed by atoms with van der Waals surface area (Å²) in [5, 5.41) is 14.8. The van der Waals surface area contributed by atoms with E-state index in [-0.39, 0.29) is 25.0 Å². The quantitative estimate of drug-likeness (QED) is 0.558. The van der Waals surface area contributed by atoms with Crippen molar-refractivity contribution in [1.29, 1.82) is 0 Å². The minimum absolute atomic E-state index is 0.0202. The van der Waals surface area contributed by atoms with E-state index in [1.807, 2.05) is 0 Å². The van der Waals surface area contributed by atoms with Crippen molar-refractivity contribution in [3.05, 3.63) is 54.5 Å². The lowest BCUT2D eigenvalue weighted by Gasteiger charge is -2.19. The highest BCUT2D eigenvalue weighted by molar-refractivity contribution is 5.63. The van der Waals surface area contributed by atoms with Crippen LogP contribution in [0.2, 0.25) is 0 Å². The molecule has 0 radical (unpaired) electrons. The summed E-state index contributed by atoms with van der Waals surface area (Å²) in [4.78, 5) is 8.18. The Morgan fingerprint density at radius 3 is 2.72 bits per heavy atom. The molecule has 29 heavy (non-hydrogen) atoms. The fourth-order valence-electron chi connectivity index (χ4n) is 2.73. The maximum Gasteiger partial charge on any atom is 0.229 e. The lowest BCUT2D eigenvalue weighted by Crippen LogP contribution is -2.15. The number of aromatic nitrogens is 2. The molecule has 2 heterocycles. The van der Waals surface area contributed by atoms with E-state index in [1.54, 1.807) is 42.5 Å². The molecule has 150 valence electrons. The van der Waals surface area contributed by atoms with Gasteiger partial charge in [0.25, 0.3) is 0 Å². The molecule has 4 rings (SSSR count). The molecule has 2 aromatic carbocycles. The molecular weight excluding hydrogens is 379 g/mol. The van der Waals surface area contributed by atoms with Gasteiger partial charge in [-0.1, -0.05) is 6.07 Å². The van der Waals surface area contributed by atoms with Crippen molar-refractivity contribution < 1.29 is 23.7 Å². The van der Waals surface area contributed by atoms with E-state index in [1.165, 1.54) is 0 Å². The van der Waals surface area contributed by atoms with Gasteiger partial charge in [0, 0.05) is 23.5 Å². The van der Waals surface area contributed by atoms with E-state index in [9.17, 15) is 4.39 Å². The van der Waals surface area contributed by atoms with Crippen LogP contribution in [-0.2, 0) is 0 Å². The van der Waals surface area contributed by atoms with Gasteiger partial charge in [0.2, 0.25) is 5.95 Å². The van der Waals surface area contributed by atoms with E-state index in [2.05, 4.69) is 20.6 Å². The average molecular weight is 398 g/mol. The third-order valence-corrected chi connectivity index (χ3v) is 4.00. The summed E-state index contributed by atoms with van der Waals surface area (Å²) in [6.45, 7) is 1.09. The lowest BCUT2D eigenvalue weighted by molar-refractivity contribution is 0.171. The summed E-state index contributed by atoms with van der Waals surface area (Å²) < 4.78 is 30.6. The molecule has 8 nitrogen and oxygen atoms in total. The van der Waals surface area contributed by atoms with Crippen LogP contribution in [0.4, 0.5) is 27.5 Å². The standard InChI is InChI=1S/C20H19FN4O4/c21-16-12-22-20(24-13-2-1-3-15(10-13)27-7-6-26)25-19(16)23-14-4-5-17-18(11-14)29-9-8-28-17/h1-5,10-12,26H,6-9H2,(H2,22,23,24,25). The number of ether oxygens (including phenoxy) is 3. The van der Waals surface area contributed by atoms with Gasteiger partial charge in [-0.15, -0.1) is 0 Å². The zero-order valence-corrected chi connectivity index (χ0v) is 15.4. The van der Waals surface area contributed by atoms with Gasteiger partial charge < -0.3 is 30.0 Å². The number of fused-ring (bicyclic) bond motifs is 1. The molecule has 0 aliphatic carbocycles. The van der Waals surface area contributed by atoms with Crippen LogP contribution in [-0.4, -0.2) is 41.5 Å². The van der Waals surface area contributed by atoms with Gasteiger partial charge in [0.1, 0.15) is 25.6 Å². The van der Waals surface area contributed by atoms with Crippen molar-refractivity contribution in [2.45, 2.75) is 0 Å². The smallest absolute Gasteiger partial charge is 0.229 e. The largest absolute Gasteiger partial charge is 0.491 e. The monoisotopic (exact) mass is 398 g/mol. The number of anilines is 4. The van der Waals surface area contributed by atoms with Crippen LogP contribution in [0, 0.1) is 5.82 Å². The molecule has 0 saturated carbocycles. The Morgan fingerprint density at radius 2 is 1.86 bits per heavy atom. The maximum absolute atomic E-state index is 14.2. The number of hydrogen-bond acceptors (Lipinski definition) is 8.